The van der Waals surface area contributed by atoms with E-state index in [1.807, 2.05) is 0 Å². The van der Waals surface area contributed by atoms with E-state index in [0.717, 1.165) is 12.1 Å². The second-order valence-electron chi connectivity index (χ2n) is 4.03. The van der Waals surface area contributed by atoms with Crippen molar-refractivity contribution in [1.29, 1.82) is 0 Å². The SMILES string of the molecule is COc1cccc(O)c1NS(=O)(=O)c1ccc(Br)cc1F. The fourth-order valence-electron chi connectivity index (χ4n) is 1.67. The number of ether oxygens (including phenoxy) is 1. The van der Waals surface area contributed by atoms with E-state index >= 15 is 0 Å². The molecule has 0 saturated heterocycles. The van der Waals surface area contributed by atoms with Crippen molar-refractivity contribution < 1.29 is 22.7 Å². The normalized spacial score (nSPS) is 11.2. The van der Waals surface area contributed by atoms with Crippen molar-refractivity contribution >= 4 is 31.6 Å². The Hall–Kier alpha value is -1.80. The molecular weight excluding hydrogens is 365 g/mol. The summed E-state index contributed by atoms with van der Waals surface area (Å²) in [4.78, 5) is -0.531. The van der Waals surface area contributed by atoms with Crippen LogP contribution in [-0.4, -0.2) is 20.6 Å². The molecule has 112 valence electrons. The zero-order chi connectivity index (χ0) is 15.6. The average Bonchev–Trinajstić information content (AvgIpc) is 2.40. The maximum Gasteiger partial charge on any atom is 0.265 e. The number of sulfonamides is 1. The van der Waals surface area contributed by atoms with E-state index in [-0.39, 0.29) is 17.2 Å². The van der Waals surface area contributed by atoms with Gasteiger partial charge in [0.2, 0.25) is 0 Å². The van der Waals surface area contributed by atoms with Gasteiger partial charge in [0, 0.05) is 4.47 Å². The predicted octanol–water partition coefficient (Wildman–Crippen LogP) is 3.10. The van der Waals surface area contributed by atoms with Crippen molar-refractivity contribution in [2.45, 2.75) is 4.90 Å². The molecule has 0 aliphatic carbocycles. The smallest absolute Gasteiger partial charge is 0.265 e. The molecular formula is C13H11BrFNO4S. The van der Waals surface area contributed by atoms with Crippen LogP contribution in [0.1, 0.15) is 0 Å². The van der Waals surface area contributed by atoms with Gasteiger partial charge in [0.05, 0.1) is 7.11 Å². The summed E-state index contributed by atoms with van der Waals surface area (Å²) >= 11 is 3.05. The van der Waals surface area contributed by atoms with E-state index in [1.54, 1.807) is 0 Å². The molecule has 0 spiro atoms. The lowest BCUT2D eigenvalue weighted by Crippen LogP contribution is -2.15. The first-order valence-corrected chi connectivity index (χ1v) is 7.96. The van der Waals surface area contributed by atoms with Gasteiger partial charge in [-0.3, -0.25) is 4.72 Å². The third kappa shape index (κ3) is 3.27. The maximum absolute atomic E-state index is 13.8. The third-order valence-electron chi connectivity index (χ3n) is 2.64. The number of nitrogens with one attached hydrogen (secondary N) is 1. The van der Waals surface area contributed by atoms with Crippen LogP contribution >= 0.6 is 15.9 Å². The van der Waals surface area contributed by atoms with Crippen LogP contribution in [-0.2, 0) is 10.0 Å². The molecule has 0 bridgehead atoms. The van der Waals surface area contributed by atoms with E-state index in [2.05, 4.69) is 20.7 Å². The Morgan fingerprint density at radius 3 is 2.62 bits per heavy atom. The minimum atomic E-state index is -4.20. The van der Waals surface area contributed by atoms with Crippen molar-refractivity contribution in [3.63, 3.8) is 0 Å². The molecule has 0 saturated carbocycles. The first kappa shape index (κ1) is 15.6. The largest absolute Gasteiger partial charge is 0.506 e. The van der Waals surface area contributed by atoms with Gasteiger partial charge < -0.3 is 9.84 Å². The van der Waals surface area contributed by atoms with Gasteiger partial charge in [-0.25, -0.2) is 12.8 Å². The first-order chi connectivity index (χ1) is 9.85. The van der Waals surface area contributed by atoms with Gasteiger partial charge in [-0.15, -0.1) is 0 Å². The number of hydrogen-bond donors (Lipinski definition) is 2. The summed E-state index contributed by atoms with van der Waals surface area (Å²) in [7, 11) is -2.88. The van der Waals surface area contributed by atoms with Gasteiger partial charge in [0.15, 0.2) is 0 Å². The molecule has 0 unspecified atom stereocenters. The molecule has 0 amide bonds. The number of anilines is 1. The molecule has 2 N–H and O–H groups in total. The highest BCUT2D eigenvalue weighted by Gasteiger charge is 2.22. The van der Waals surface area contributed by atoms with Crippen LogP contribution < -0.4 is 9.46 Å². The number of hydrogen-bond acceptors (Lipinski definition) is 4. The monoisotopic (exact) mass is 375 g/mol. The maximum atomic E-state index is 13.8. The Balaban J connectivity index is 2.47. The van der Waals surface area contributed by atoms with E-state index in [9.17, 15) is 17.9 Å². The zero-order valence-corrected chi connectivity index (χ0v) is 13.2. The minimum Gasteiger partial charge on any atom is -0.506 e. The first-order valence-electron chi connectivity index (χ1n) is 5.69. The van der Waals surface area contributed by atoms with Crippen molar-refractivity contribution in [1.82, 2.24) is 0 Å². The molecule has 2 aromatic carbocycles. The number of methoxy groups -OCH3 is 1. The van der Waals surface area contributed by atoms with Crippen molar-refractivity contribution in [2.24, 2.45) is 0 Å². The predicted molar refractivity (Wildman–Crippen MR) is 79.6 cm³/mol. The summed E-state index contributed by atoms with van der Waals surface area (Å²) in [5, 5.41) is 9.74. The van der Waals surface area contributed by atoms with E-state index in [0.29, 0.717) is 4.47 Å². The third-order valence-corrected chi connectivity index (χ3v) is 4.52. The van der Waals surface area contributed by atoms with Crippen LogP contribution in [0.4, 0.5) is 10.1 Å². The fraction of sp³-hybridized carbons (Fsp3) is 0.0769. The quantitative estimate of drug-likeness (QED) is 0.805. The molecule has 0 aliphatic rings. The van der Waals surface area contributed by atoms with Crippen LogP contribution in [0.15, 0.2) is 45.8 Å². The molecule has 21 heavy (non-hydrogen) atoms. The Morgan fingerprint density at radius 1 is 1.29 bits per heavy atom. The molecule has 0 fully saturated rings. The average molecular weight is 376 g/mol. The van der Waals surface area contributed by atoms with Crippen LogP contribution in [0.5, 0.6) is 11.5 Å². The summed E-state index contributed by atoms with van der Waals surface area (Å²) in [5.74, 6) is -1.11. The molecule has 2 rings (SSSR count). The molecule has 0 heterocycles. The number of benzene rings is 2. The van der Waals surface area contributed by atoms with Gasteiger partial charge in [0.25, 0.3) is 10.0 Å². The van der Waals surface area contributed by atoms with Gasteiger partial charge in [-0.1, -0.05) is 22.0 Å². The number of rotatable bonds is 4. The Labute approximate surface area is 129 Å². The van der Waals surface area contributed by atoms with Crippen molar-refractivity contribution in [3.05, 3.63) is 46.7 Å². The zero-order valence-electron chi connectivity index (χ0n) is 10.8. The lowest BCUT2D eigenvalue weighted by atomic mass is 10.3. The number of aromatic hydroxyl groups is 1. The fourth-order valence-corrected chi connectivity index (χ4v) is 3.15. The minimum absolute atomic E-state index is 0.121. The molecule has 0 radical (unpaired) electrons. The number of halogens is 2. The van der Waals surface area contributed by atoms with Crippen LogP contribution in [0, 0.1) is 5.82 Å². The van der Waals surface area contributed by atoms with E-state index < -0.39 is 20.7 Å². The van der Waals surface area contributed by atoms with Crippen LogP contribution in [0.3, 0.4) is 0 Å². The van der Waals surface area contributed by atoms with E-state index in [1.165, 1.54) is 31.4 Å². The van der Waals surface area contributed by atoms with Crippen molar-refractivity contribution in [3.8, 4) is 11.5 Å². The highest BCUT2D eigenvalue weighted by atomic mass is 79.9. The van der Waals surface area contributed by atoms with E-state index in [4.69, 9.17) is 4.74 Å². The second-order valence-corrected chi connectivity index (χ2v) is 6.60. The lowest BCUT2D eigenvalue weighted by Gasteiger charge is -2.13. The summed E-state index contributed by atoms with van der Waals surface area (Å²) in [5.41, 5.74) is -0.151. The number of para-hydroxylation sites is 1. The number of phenolic OH excluding ortho intramolecular Hbond substituents is 1. The lowest BCUT2D eigenvalue weighted by molar-refractivity contribution is 0.411. The molecule has 0 atom stereocenters. The van der Waals surface area contributed by atoms with Crippen LogP contribution in [0.2, 0.25) is 0 Å². The summed E-state index contributed by atoms with van der Waals surface area (Å²) in [6, 6.07) is 7.81. The van der Waals surface area contributed by atoms with Crippen molar-refractivity contribution in [2.75, 3.05) is 11.8 Å². The number of phenols is 1. The van der Waals surface area contributed by atoms with Gasteiger partial charge in [-0.05, 0) is 30.3 Å². The Morgan fingerprint density at radius 2 is 2.00 bits per heavy atom. The summed E-state index contributed by atoms with van der Waals surface area (Å²) < 4.78 is 45.7. The highest BCUT2D eigenvalue weighted by molar-refractivity contribution is 9.10. The highest BCUT2D eigenvalue weighted by Crippen LogP contribution is 2.35. The standard InChI is InChI=1S/C13H11BrFNO4S/c1-20-11-4-2-3-10(17)13(11)16-21(18,19)12-6-5-8(14)7-9(12)15/h2-7,16-17H,1H3. The van der Waals surface area contributed by atoms with Gasteiger partial charge >= 0.3 is 0 Å². The van der Waals surface area contributed by atoms with Crippen LogP contribution in [0.25, 0.3) is 0 Å². The molecule has 0 aromatic heterocycles. The molecule has 8 heteroatoms. The summed E-state index contributed by atoms with van der Waals surface area (Å²) in [6.45, 7) is 0. The van der Waals surface area contributed by atoms with Gasteiger partial charge in [0.1, 0.15) is 27.9 Å². The summed E-state index contributed by atoms with van der Waals surface area (Å²) in [6.07, 6.45) is 0. The second kappa shape index (κ2) is 5.90. The van der Waals surface area contributed by atoms with Gasteiger partial charge in [-0.2, -0.15) is 0 Å². The molecule has 2 aromatic rings. The topological polar surface area (TPSA) is 75.6 Å². The molecule has 5 nitrogen and oxygen atoms in total. The Kier molecular flexibility index (Phi) is 4.38. The Bertz CT molecular complexity index is 780. The molecule has 0 aliphatic heterocycles.